The van der Waals surface area contributed by atoms with Crippen molar-refractivity contribution in [2.75, 3.05) is 19.7 Å². The highest BCUT2D eigenvalue weighted by atomic mass is 16.5. The van der Waals surface area contributed by atoms with Gasteiger partial charge in [0.15, 0.2) is 0 Å². The number of rotatable bonds is 6. The third-order valence-corrected chi connectivity index (χ3v) is 3.17. The average molecular weight is 257 g/mol. The van der Waals surface area contributed by atoms with Crippen LogP contribution in [0.25, 0.3) is 0 Å². The molecule has 0 spiro atoms. The molecule has 104 valence electrons. The molecule has 0 aliphatic carbocycles. The molecule has 1 heterocycles. The van der Waals surface area contributed by atoms with Crippen molar-refractivity contribution in [2.24, 2.45) is 11.8 Å². The molecule has 1 rings (SSSR count). The fourth-order valence-corrected chi connectivity index (χ4v) is 2.06. The van der Waals surface area contributed by atoms with Crippen molar-refractivity contribution in [2.45, 2.75) is 39.7 Å². The molecule has 0 aromatic carbocycles. The van der Waals surface area contributed by atoms with Gasteiger partial charge < -0.3 is 14.7 Å². The topological polar surface area (TPSA) is 66.8 Å². The van der Waals surface area contributed by atoms with Gasteiger partial charge in [0.1, 0.15) is 0 Å². The van der Waals surface area contributed by atoms with Gasteiger partial charge in [-0.1, -0.05) is 20.8 Å². The lowest BCUT2D eigenvalue weighted by atomic mass is 10.1. The third-order valence-electron chi connectivity index (χ3n) is 3.17. The summed E-state index contributed by atoms with van der Waals surface area (Å²) in [6.07, 6.45) is 2.03. The van der Waals surface area contributed by atoms with Gasteiger partial charge in [0.2, 0.25) is 5.91 Å². The minimum atomic E-state index is -0.871. The second kappa shape index (κ2) is 6.73. The van der Waals surface area contributed by atoms with Crippen LogP contribution in [-0.4, -0.2) is 47.7 Å². The van der Waals surface area contributed by atoms with E-state index in [0.29, 0.717) is 6.54 Å². The molecule has 2 atom stereocenters. The predicted molar refractivity (Wildman–Crippen MR) is 67.2 cm³/mol. The molecule has 1 fully saturated rings. The van der Waals surface area contributed by atoms with Crippen molar-refractivity contribution in [3.63, 3.8) is 0 Å². The van der Waals surface area contributed by atoms with Crippen molar-refractivity contribution in [3.8, 4) is 0 Å². The zero-order valence-corrected chi connectivity index (χ0v) is 11.4. The zero-order valence-electron chi connectivity index (χ0n) is 11.4. The molecule has 0 radical (unpaired) electrons. The summed E-state index contributed by atoms with van der Waals surface area (Å²) in [4.78, 5) is 24.6. The van der Waals surface area contributed by atoms with Crippen molar-refractivity contribution in [3.05, 3.63) is 0 Å². The van der Waals surface area contributed by atoms with Crippen molar-refractivity contribution >= 4 is 11.9 Å². The summed E-state index contributed by atoms with van der Waals surface area (Å²) >= 11 is 0. The molecule has 0 bridgehead atoms. The Morgan fingerprint density at radius 2 is 2.06 bits per heavy atom. The Bertz CT molecular complexity index is 297. The van der Waals surface area contributed by atoms with Crippen molar-refractivity contribution in [1.29, 1.82) is 0 Å². The van der Waals surface area contributed by atoms with Gasteiger partial charge in [-0.15, -0.1) is 0 Å². The van der Waals surface area contributed by atoms with Crippen LogP contribution in [0.3, 0.4) is 0 Å². The van der Waals surface area contributed by atoms with E-state index in [1.165, 1.54) is 0 Å². The summed E-state index contributed by atoms with van der Waals surface area (Å²) in [5.74, 6) is -1.54. The first-order valence-electron chi connectivity index (χ1n) is 6.55. The second-order valence-electron chi connectivity index (χ2n) is 5.27. The van der Waals surface area contributed by atoms with Gasteiger partial charge in [0.05, 0.1) is 12.0 Å². The minimum absolute atomic E-state index is 0.00130. The number of carboxylic acid groups (broad SMARTS) is 1. The van der Waals surface area contributed by atoms with Crippen molar-refractivity contribution < 1.29 is 19.4 Å². The zero-order chi connectivity index (χ0) is 13.7. The Kier molecular flexibility index (Phi) is 5.59. The van der Waals surface area contributed by atoms with Crippen LogP contribution < -0.4 is 0 Å². The largest absolute Gasteiger partial charge is 0.481 e. The van der Waals surface area contributed by atoms with Crippen LogP contribution in [0.5, 0.6) is 0 Å². The molecular weight excluding hydrogens is 234 g/mol. The van der Waals surface area contributed by atoms with Gasteiger partial charge in [0.25, 0.3) is 0 Å². The molecule has 1 amide bonds. The van der Waals surface area contributed by atoms with E-state index in [-0.39, 0.29) is 24.5 Å². The van der Waals surface area contributed by atoms with Gasteiger partial charge in [-0.3, -0.25) is 9.59 Å². The Balaban J connectivity index is 2.61. The molecule has 5 nitrogen and oxygen atoms in total. The first-order chi connectivity index (χ1) is 8.41. The lowest BCUT2D eigenvalue weighted by molar-refractivity contribution is -0.144. The van der Waals surface area contributed by atoms with E-state index in [1.54, 1.807) is 11.8 Å². The number of nitrogens with zero attached hydrogens (tertiary/aromatic N) is 1. The maximum Gasteiger partial charge on any atom is 0.308 e. The molecule has 1 aliphatic heterocycles. The monoisotopic (exact) mass is 257 g/mol. The number of hydrogen-bond acceptors (Lipinski definition) is 3. The van der Waals surface area contributed by atoms with Crippen LogP contribution in [-0.2, 0) is 14.3 Å². The molecule has 0 aromatic heterocycles. The highest BCUT2D eigenvalue weighted by molar-refractivity contribution is 5.79. The normalized spacial score (nSPS) is 21.0. The molecule has 0 aromatic rings. The van der Waals surface area contributed by atoms with E-state index in [9.17, 15) is 9.59 Å². The lowest BCUT2D eigenvalue weighted by Crippen LogP contribution is -2.43. The summed E-state index contributed by atoms with van der Waals surface area (Å²) in [5, 5.41) is 8.94. The van der Waals surface area contributed by atoms with Gasteiger partial charge in [-0.25, -0.2) is 0 Å². The summed E-state index contributed by atoms with van der Waals surface area (Å²) in [5.41, 5.74) is 0. The first-order valence-corrected chi connectivity index (χ1v) is 6.55. The minimum Gasteiger partial charge on any atom is -0.481 e. The van der Waals surface area contributed by atoms with Crippen molar-refractivity contribution in [1.82, 2.24) is 4.90 Å². The quantitative estimate of drug-likeness (QED) is 0.780. The molecule has 18 heavy (non-hydrogen) atoms. The Morgan fingerprint density at radius 1 is 1.39 bits per heavy atom. The number of aliphatic carboxylic acids is 1. The van der Waals surface area contributed by atoms with Crippen LogP contribution in [0.1, 0.15) is 33.6 Å². The van der Waals surface area contributed by atoms with Crippen LogP contribution >= 0.6 is 0 Å². The fraction of sp³-hybridized carbons (Fsp3) is 0.846. The third kappa shape index (κ3) is 4.29. The molecular formula is C13H23NO4. The smallest absolute Gasteiger partial charge is 0.308 e. The number of ether oxygens (including phenoxy) is 1. The lowest BCUT2D eigenvalue weighted by Gasteiger charge is -2.28. The maximum absolute atomic E-state index is 12.1. The molecule has 2 unspecified atom stereocenters. The van der Waals surface area contributed by atoms with Gasteiger partial charge in [-0.05, 0) is 12.8 Å². The van der Waals surface area contributed by atoms with Gasteiger partial charge in [-0.2, -0.15) is 0 Å². The molecule has 0 saturated carbocycles. The summed E-state index contributed by atoms with van der Waals surface area (Å²) < 4.78 is 5.51. The van der Waals surface area contributed by atoms with Crippen LogP contribution in [0.2, 0.25) is 0 Å². The standard InChI is InChI=1S/C13H23NO4/c1-9(2)12(15)14(7-10(3)13(16)17)8-11-5-4-6-18-11/h9-11H,4-8H2,1-3H3,(H,16,17). The fourth-order valence-electron chi connectivity index (χ4n) is 2.06. The van der Waals surface area contributed by atoms with E-state index in [1.807, 2.05) is 13.8 Å². The summed E-state index contributed by atoms with van der Waals surface area (Å²) in [6, 6.07) is 0. The predicted octanol–water partition coefficient (Wildman–Crippen LogP) is 1.37. The summed E-state index contributed by atoms with van der Waals surface area (Å²) in [6.45, 7) is 6.79. The van der Waals surface area contributed by atoms with E-state index in [4.69, 9.17) is 9.84 Å². The van der Waals surface area contributed by atoms with E-state index in [2.05, 4.69) is 0 Å². The van der Waals surface area contributed by atoms with E-state index in [0.717, 1.165) is 19.4 Å². The Labute approximate surface area is 108 Å². The first kappa shape index (κ1) is 15.0. The number of carboxylic acids is 1. The number of carbonyl (C=O) groups is 2. The summed E-state index contributed by atoms with van der Waals surface area (Å²) in [7, 11) is 0. The Hall–Kier alpha value is -1.10. The maximum atomic E-state index is 12.1. The number of carbonyl (C=O) groups excluding carboxylic acids is 1. The van der Waals surface area contributed by atoms with Crippen LogP contribution in [0.15, 0.2) is 0 Å². The van der Waals surface area contributed by atoms with E-state index >= 15 is 0 Å². The van der Waals surface area contributed by atoms with Gasteiger partial charge >= 0.3 is 5.97 Å². The molecule has 1 N–H and O–H groups in total. The highest BCUT2D eigenvalue weighted by Crippen LogP contribution is 2.16. The van der Waals surface area contributed by atoms with Crippen LogP contribution in [0, 0.1) is 11.8 Å². The number of hydrogen-bond donors (Lipinski definition) is 1. The second-order valence-corrected chi connectivity index (χ2v) is 5.27. The van der Waals surface area contributed by atoms with Crippen LogP contribution in [0.4, 0.5) is 0 Å². The van der Waals surface area contributed by atoms with Gasteiger partial charge in [0, 0.05) is 25.6 Å². The molecule has 1 aliphatic rings. The van der Waals surface area contributed by atoms with E-state index < -0.39 is 11.9 Å². The molecule has 5 heteroatoms. The average Bonchev–Trinajstić information content (AvgIpc) is 2.79. The highest BCUT2D eigenvalue weighted by Gasteiger charge is 2.26. The number of amides is 1. The Morgan fingerprint density at radius 3 is 2.50 bits per heavy atom. The SMILES string of the molecule is CC(C)C(=O)N(CC1CCCO1)CC(C)C(=O)O. The molecule has 1 saturated heterocycles.